The average Bonchev–Trinajstić information content (AvgIpc) is 2.16. The summed E-state index contributed by atoms with van der Waals surface area (Å²) in [6, 6.07) is 0. The van der Waals surface area contributed by atoms with Crippen LogP contribution in [0.5, 0.6) is 0 Å². The van der Waals surface area contributed by atoms with Crippen LogP contribution in [0, 0.1) is 5.92 Å². The first-order valence-electron chi connectivity index (χ1n) is 5.81. The van der Waals surface area contributed by atoms with Crippen molar-refractivity contribution in [1.82, 2.24) is 0 Å². The molecule has 0 fully saturated rings. The molecule has 3 heteroatoms. The molecule has 0 unspecified atom stereocenters. The van der Waals surface area contributed by atoms with E-state index in [4.69, 9.17) is 4.74 Å². The molecule has 0 aliphatic rings. The molecule has 0 aliphatic carbocycles. The Morgan fingerprint density at radius 3 is 2.40 bits per heavy atom. The van der Waals surface area contributed by atoms with E-state index in [-0.39, 0.29) is 12.6 Å². The highest BCUT2D eigenvalue weighted by molar-refractivity contribution is 5.70. The fraction of sp³-hybridized carbons (Fsp3) is 0.917. The zero-order valence-corrected chi connectivity index (χ0v) is 10.3. The van der Waals surface area contributed by atoms with Crippen LogP contribution in [-0.2, 0) is 14.3 Å². The van der Waals surface area contributed by atoms with Crippen LogP contribution in [0.3, 0.4) is 0 Å². The average molecular weight is 216 g/mol. The van der Waals surface area contributed by atoms with Gasteiger partial charge < -0.3 is 9.47 Å². The Bertz CT molecular complexity index is 155. The van der Waals surface area contributed by atoms with Gasteiger partial charge >= 0.3 is 5.97 Å². The molecule has 0 aromatic rings. The number of ether oxygens (including phenoxy) is 2. The summed E-state index contributed by atoms with van der Waals surface area (Å²) in [6.07, 6.45) is 5.92. The molecule has 0 aromatic heterocycles. The van der Waals surface area contributed by atoms with Crippen molar-refractivity contribution < 1.29 is 14.3 Å². The van der Waals surface area contributed by atoms with Gasteiger partial charge in [0.05, 0.1) is 6.61 Å². The van der Waals surface area contributed by atoms with Gasteiger partial charge in [-0.15, -0.1) is 0 Å². The van der Waals surface area contributed by atoms with Crippen LogP contribution in [0.15, 0.2) is 0 Å². The van der Waals surface area contributed by atoms with E-state index < -0.39 is 0 Å². The summed E-state index contributed by atoms with van der Waals surface area (Å²) < 4.78 is 9.60. The summed E-state index contributed by atoms with van der Waals surface area (Å²) in [6.45, 7) is 5.08. The van der Waals surface area contributed by atoms with Gasteiger partial charge in [0.25, 0.3) is 0 Å². The molecule has 0 saturated heterocycles. The Balaban J connectivity index is 3.08. The minimum Gasteiger partial charge on any atom is -0.464 e. The lowest BCUT2D eigenvalue weighted by atomic mass is 10.0. The van der Waals surface area contributed by atoms with Crippen molar-refractivity contribution in [2.75, 3.05) is 20.3 Å². The van der Waals surface area contributed by atoms with E-state index >= 15 is 0 Å². The Labute approximate surface area is 93.1 Å². The van der Waals surface area contributed by atoms with Gasteiger partial charge in [0.1, 0.15) is 6.61 Å². The van der Waals surface area contributed by atoms with Crippen LogP contribution in [0.1, 0.15) is 46.0 Å². The zero-order chi connectivity index (χ0) is 11.5. The van der Waals surface area contributed by atoms with Gasteiger partial charge in [0.2, 0.25) is 0 Å². The quantitative estimate of drug-likeness (QED) is 0.439. The van der Waals surface area contributed by atoms with Crippen molar-refractivity contribution >= 4 is 5.97 Å². The van der Waals surface area contributed by atoms with Gasteiger partial charge in [-0.3, -0.25) is 0 Å². The largest absolute Gasteiger partial charge is 0.464 e. The summed E-state index contributed by atoms with van der Waals surface area (Å²) in [5.74, 6) is 0.532. The van der Waals surface area contributed by atoms with Crippen LogP contribution in [0.2, 0.25) is 0 Å². The molecule has 0 heterocycles. The Hall–Kier alpha value is -0.570. The minimum absolute atomic E-state index is 0.0628. The molecule has 15 heavy (non-hydrogen) atoms. The molecule has 0 bridgehead atoms. The standard InChI is InChI=1S/C12H24O3/c1-11(2)8-6-4-5-7-9-15-12(13)10-14-3/h11H,4-10H2,1-3H3. The third kappa shape index (κ3) is 11.4. The van der Waals surface area contributed by atoms with Crippen molar-refractivity contribution in [3.05, 3.63) is 0 Å². The number of unbranched alkanes of at least 4 members (excludes halogenated alkanes) is 3. The third-order valence-corrected chi connectivity index (χ3v) is 2.20. The normalized spacial score (nSPS) is 10.7. The summed E-state index contributed by atoms with van der Waals surface area (Å²) in [4.78, 5) is 10.9. The summed E-state index contributed by atoms with van der Waals surface area (Å²) in [7, 11) is 1.49. The van der Waals surface area contributed by atoms with Gasteiger partial charge in [-0.05, 0) is 12.3 Å². The molecular weight excluding hydrogens is 192 g/mol. The highest BCUT2D eigenvalue weighted by Gasteiger charge is 2.00. The first-order chi connectivity index (χ1) is 7.16. The van der Waals surface area contributed by atoms with Gasteiger partial charge in [-0.2, -0.15) is 0 Å². The van der Waals surface area contributed by atoms with E-state index in [1.54, 1.807) is 0 Å². The maximum Gasteiger partial charge on any atom is 0.332 e. The number of carbonyl (C=O) groups excluding carboxylic acids is 1. The first-order valence-corrected chi connectivity index (χ1v) is 5.81. The fourth-order valence-corrected chi connectivity index (χ4v) is 1.35. The van der Waals surface area contributed by atoms with Crippen molar-refractivity contribution in [3.63, 3.8) is 0 Å². The molecule has 0 spiro atoms. The Morgan fingerprint density at radius 1 is 1.13 bits per heavy atom. The molecule has 90 valence electrons. The molecular formula is C12H24O3. The van der Waals surface area contributed by atoms with Gasteiger partial charge in [-0.25, -0.2) is 4.79 Å². The lowest BCUT2D eigenvalue weighted by Crippen LogP contribution is -2.11. The number of methoxy groups -OCH3 is 1. The van der Waals surface area contributed by atoms with Gasteiger partial charge in [-0.1, -0.05) is 39.5 Å². The van der Waals surface area contributed by atoms with Crippen LogP contribution in [-0.4, -0.2) is 26.3 Å². The molecule has 0 amide bonds. The highest BCUT2D eigenvalue weighted by Crippen LogP contribution is 2.09. The zero-order valence-electron chi connectivity index (χ0n) is 10.3. The molecule has 0 rings (SSSR count). The molecule has 3 nitrogen and oxygen atoms in total. The monoisotopic (exact) mass is 216 g/mol. The molecule has 0 aliphatic heterocycles. The van der Waals surface area contributed by atoms with Crippen molar-refractivity contribution in [1.29, 1.82) is 0 Å². The summed E-state index contributed by atoms with van der Waals surface area (Å²) in [5, 5.41) is 0. The molecule has 0 aromatic carbocycles. The van der Waals surface area contributed by atoms with Crippen molar-refractivity contribution in [2.45, 2.75) is 46.0 Å². The second-order valence-corrected chi connectivity index (χ2v) is 4.25. The van der Waals surface area contributed by atoms with Crippen LogP contribution < -0.4 is 0 Å². The third-order valence-electron chi connectivity index (χ3n) is 2.20. The van der Waals surface area contributed by atoms with Crippen LogP contribution in [0.4, 0.5) is 0 Å². The second kappa shape index (κ2) is 9.97. The summed E-state index contributed by atoms with van der Waals surface area (Å²) >= 11 is 0. The van der Waals surface area contributed by atoms with E-state index in [0.717, 1.165) is 18.8 Å². The number of esters is 1. The van der Waals surface area contributed by atoms with E-state index in [9.17, 15) is 4.79 Å². The molecule has 0 radical (unpaired) electrons. The van der Waals surface area contributed by atoms with E-state index in [1.807, 2.05) is 0 Å². The van der Waals surface area contributed by atoms with E-state index in [0.29, 0.717) is 6.61 Å². The first kappa shape index (κ1) is 14.4. The van der Waals surface area contributed by atoms with Crippen LogP contribution in [0.25, 0.3) is 0 Å². The van der Waals surface area contributed by atoms with Gasteiger partial charge in [0, 0.05) is 7.11 Å². The maximum atomic E-state index is 10.9. The number of hydrogen-bond donors (Lipinski definition) is 0. The number of carbonyl (C=O) groups is 1. The fourth-order valence-electron chi connectivity index (χ4n) is 1.35. The second-order valence-electron chi connectivity index (χ2n) is 4.25. The highest BCUT2D eigenvalue weighted by atomic mass is 16.6. The Kier molecular flexibility index (Phi) is 9.59. The molecule has 0 N–H and O–H groups in total. The number of rotatable bonds is 9. The molecule has 0 atom stereocenters. The summed E-state index contributed by atoms with van der Waals surface area (Å²) in [5.41, 5.74) is 0. The topological polar surface area (TPSA) is 35.5 Å². The molecule has 0 saturated carbocycles. The van der Waals surface area contributed by atoms with E-state index in [1.165, 1.54) is 26.4 Å². The van der Waals surface area contributed by atoms with Crippen LogP contribution >= 0.6 is 0 Å². The predicted molar refractivity (Wildman–Crippen MR) is 60.8 cm³/mol. The smallest absolute Gasteiger partial charge is 0.332 e. The maximum absolute atomic E-state index is 10.9. The van der Waals surface area contributed by atoms with Crippen molar-refractivity contribution in [2.24, 2.45) is 5.92 Å². The SMILES string of the molecule is COCC(=O)OCCCCCCC(C)C. The minimum atomic E-state index is -0.264. The van der Waals surface area contributed by atoms with E-state index in [2.05, 4.69) is 18.6 Å². The lowest BCUT2D eigenvalue weighted by Gasteiger charge is -2.05. The predicted octanol–water partition coefficient (Wildman–Crippen LogP) is 2.78. The Morgan fingerprint density at radius 2 is 1.80 bits per heavy atom. The van der Waals surface area contributed by atoms with Gasteiger partial charge in [0.15, 0.2) is 0 Å². The lowest BCUT2D eigenvalue weighted by molar-refractivity contribution is -0.148. The van der Waals surface area contributed by atoms with Crippen molar-refractivity contribution in [3.8, 4) is 0 Å². The number of hydrogen-bond acceptors (Lipinski definition) is 3.